The Labute approximate surface area is 139 Å². The zero-order valence-corrected chi connectivity index (χ0v) is 13.3. The molecule has 1 unspecified atom stereocenters. The number of carbonyl (C=O) groups excluding carboxylic acids is 1. The summed E-state index contributed by atoms with van der Waals surface area (Å²) in [5.41, 5.74) is 3.40. The Kier molecular flexibility index (Phi) is 3.70. The number of hydrogen-bond acceptors (Lipinski definition) is 4. The Hall–Kier alpha value is -2.79. The number of amides is 1. The molecule has 0 spiro atoms. The molecule has 0 bridgehead atoms. The first-order valence-corrected chi connectivity index (χ1v) is 7.94. The van der Waals surface area contributed by atoms with Crippen LogP contribution >= 0.6 is 0 Å². The van der Waals surface area contributed by atoms with E-state index in [0.29, 0.717) is 12.4 Å². The zero-order valence-electron chi connectivity index (χ0n) is 13.3. The lowest BCUT2D eigenvalue weighted by Gasteiger charge is -2.24. The van der Waals surface area contributed by atoms with Crippen molar-refractivity contribution in [2.75, 3.05) is 11.9 Å². The van der Waals surface area contributed by atoms with Crippen molar-refractivity contribution in [3.05, 3.63) is 54.5 Å². The van der Waals surface area contributed by atoms with E-state index in [1.54, 1.807) is 12.4 Å². The molecule has 1 N–H and O–H groups in total. The topological polar surface area (TPSA) is 64.1 Å². The van der Waals surface area contributed by atoms with Crippen molar-refractivity contribution in [2.45, 2.75) is 19.4 Å². The minimum Gasteiger partial charge on any atom is -0.368 e. The van der Waals surface area contributed by atoms with Crippen molar-refractivity contribution in [1.82, 2.24) is 9.97 Å². The second kappa shape index (κ2) is 6.02. The Morgan fingerprint density at radius 3 is 2.83 bits per heavy atom. The van der Waals surface area contributed by atoms with Crippen LogP contribution in [-0.2, 0) is 9.53 Å². The van der Waals surface area contributed by atoms with Crippen molar-refractivity contribution in [3.8, 4) is 11.1 Å². The van der Waals surface area contributed by atoms with Gasteiger partial charge in [-0.3, -0.25) is 9.78 Å². The number of aromatic nitrogens is 2. The third-order valence-corrected chi connectivity index (χ3v) is 4.31. The van der Waals surface area contributed by atoms with Crippen LogP contribution in [0.2, 0.25) is 0 Å². The van der Waals surface area contributed by atoms with Crippen LogP contribution in [0, 0.1) is 6.92 Å². The van der Waals surface area contributed by atoms with Crippen LogP contribution in [0.3, 0.4) is 0 Å². The van der Waals surface area contributed by atoms with Gasteiger partial charge in [-0.05, 0) is 41.6 Å². The Morgan fingerprint density at radius 2 is 2.08 bits per heavy atom. The SMILES string of the molecule is Cc1ccncc1-c1ccc2cc(NC(=O)C3CCO3)ncc2c1. The molecule has 0 radical (unpaired) electrons. The molecule has 24 heavy (non-hydrogen) atoms. The van der Waals surface area contributed by atoms with Gasteiger partial charge in [-0.15, -0.1) is 0 Å². The van der Waals surface area contributed by atoms with E-state index in [2.05, 4.69) is 34.3 Å². The second-order valence-corrected chi connectivity index (χ2v) is 5.96. The van der Waals surface area contributed by atoms with E-state index < -0.39 is 0 Å². The monoisotopic (exact) mass is 319 g/mol. The number of nitrogens with zero attached hydrogens (tertiary/aromatic N) is 2. The van der Waals surface area contributed by atoms with Crippen LogP contribution < -0.4 is 5.32 Å². The van der Waals surface area contributed by atoms with Crippen molar-refractivity contribution in [2.24, 2.45) is 0 Å². The number of rotatable bonds is 3. The molecule has 1 aliphatic rings. The van der Waals surface area contributed by atoms with Gasteiger partial charge in [0.05, 0.1) is 6.61 Å². The van der Waals surface area contributed by atoms with Crippen LogP contribution in [0.1, 0.15) is 12.0 Å². The third kappa shape index (κ3) is 2.74. The molecule has 4 rings (SSSR count). The lowest BCUT2D eigenvalue weighted by Crippen LogP contribution is -2.39. The standard InChI is InChI=1S/C19H17N3O2/c1-12-4-6-20-11-16(12)14-3-2-13-9-18(21-10-15(13)8-14)22-19(23)17-5-7-24-17/h2-4,6,8-11,17H,5,7H2,1H3,(H,21,22,23). The average Bonchev–Trinajstić information content (AvgIpc) is 2.53. The van der Waals surface area contributed by atoms with Gasteiger partial charge in [0.25, 0.3) is 5.91 Å². The van der Waals surface area contributed by atoms with E-state index in [-0.39, 0.29) is 12.0 Å². The fourth-order valence-electron chi connectivity index (χ4n) is 2.79. The largest absolute Gasteiger partial charge is 0.368 e. The van der Waals surface area contributed by atoms with Crippen LogP contribution in [0.15, 0.2) is 48.9 Å². The summed E-state index contributed by atoms with van der Waals surface area (Å²) in [5, 5.41) is 4.86. The molecule has 3 heterocycles. The molecule has 1 atom stereocenters. The highest BCUT2D eigenvalue weighted by Gasteiger charge is 2.26. The minimum absolute atomic E-state index is 0.129. The number of ether oxygens (including phenoxy) is 1. The highest BCUT2D eigenvalue weighted by atomic mass is 16.5. The van der Waals surface area contributed by atoms with Crippen molar-refractivity contribution >= 4 is 22.5 Å². The lowest BCUT2D eigenvalue weighted by atomic mass is 10.0. The average molecular weight is 319 g/mol. The summed E-state index contributed by atoms with van der Waals surface area (Å²) in [5.74, 6) is 0.420. The molecule has 1 aromatic carbocycles. The summed E-state index contributed by atoms with van der Waals surface area (Å²) in [6.45, 7) is 2.72. The van der Waals surface area contributed by atoms with Gasteiger partial charge in [-0.2, -0.15) is 0 Å². The van der Waals surface area contributed by atoms with E-state index in [1.165, 1.54) is 5.56 Å². The summed E-state index contributed by atoms with van der Waals surface area (Å²) in [7, 11) is 0. The first-order valence-electron chi connectivity index (χ1n) is 7.94. The van der Waals surface area contributed by atoms with E-state index >= 15 is 0 Å². The van der Waals surface area contributed by atoms with Crippen LogP contribution in [0.5, 0.6) is 0 Å². The predicted molar refractivity (Wildman–Crippen MR) is 92.7 cm³/mol. The number of pyridine rings is 2. The van der Waals surface area contributed by atoms with E-state index in [0.717, 1.165) is 28.3 Å². The third-order valence-electron chi connectivity index (χ3n) is 4.31. The zero-order chi connectivity index (χ0) is 16.5. The molecule has 2 aromatic heterocycles. The normalized spacial score (nSPS) is 16.6. The van der Waals surface area contributed by atoms with Crippen LogP contribution in [0.4, 0.5) is 5.82 Å². The Bertz CT molecular complexity index is 919. The molecule has 1 saturated heterocycles. The summed E-state index contributed by atoms with van der Waals surface area (Å²) in [6.07, 6.45) is 5.88. The molecule has 0 saturated carbocycles. The summed E-state index contributed by atoms with van der Waals surface area (Å²) < 4.78 is 5.18. The van der Waals surface area contributed by atoms with Gasteiger partial charge in [-0.1, -0.05) is 12.1 Å². The van der Waals surface area contributed by atoms with Gasteiger partial charge in [-0.25, -0.2) is 4.98 Å². The maximum atomic E-state index is 11.9. The van der Waals surface area contributed by atoms with Crippen LogP contribution in [-0.4, -0.2) is 28.6 Å². The summed E-state index contributed by atoms with van der Waals surface area (Å²) >= 11 is 0. The molecule has 0 aliphatic carbocycles. The number of hydrogen-bond donors (Lipinski definition) is 1. The van der Waals surface area contributed by atoms with Crippen molar-refractivity contribution in [3.63, 3.8) is 0 Å². The van der Waals surface area contributed by atoms with Gasteiger partial charge in [0.2, 0.25) is 0 Å². The molecular weight excluding hydrogens is 302 g/mol. The quantitative estimate of drug-likeness (QED) is 0.804. The lowest BCUT2D eigenvalue weighted by molar-refractivity contribution is -0.139. The number of nitrogens with one attached hydrogen (secondary N) is 1. The van der Waals surface area contributed by atoms with E-state index in [9.17, 15) is 4.79 Å². The summed E-state index contributed by atoms with van der Waals surface area (Å²) in [4.78, 5) is 20.5. The summed E-state index contributed by atoms with van der Waals surface area (Å²) in [6, 6.07) is 10.1. The highest BCUT2D eigenvalue weighted by Crippen LogP contribution is 2.27. The predicted octanol–water partition coefficient (Wildman–Crippen LogP) is 3.33. The first-order chi connectivity index (χ1) is 11.7. The van der Waals surface area contributed by atoms with E-state index in [1.807, 2.05) is 24.4 Å². The fourth-order valence-corrected chi connectivity index (χ4v) is 2.79. The first kappa shape index (κ1) is 14.8. The smallest absolute Gasteiger partial charge is 0.254 e. The van der Waals surface area contributed by atoms with Gasteiger partial charge < -0.3 is 10.1 Å². The highest BCUT2D eigenvalue weighted by molar-refractivity contribution is 5.96. The molecule has 1 aliphatic heterocycles. The fraction of sp³-hybridized carbons (Fsp3) is 0.211. The molecule has 5 nitrogen and oxygen atoms in total. The van der Waals surface area contributed by atoms with Crippen molar-refractivity contribution in [1.29, 1.82) is 0 Å². The van der Waals surface area contributed by atoms with E-state index in [4.69, 9.17) is 4.74 Å². The Balaban J connectivity index is 1.63. The van der Waals surface area contributed by atoms with Gasteiger partial charge in [0, 0.05) is 36.0 Å². The van der Waals surface area contributed by atoms with Crippen molar-refractivity contribution < 1.29 is 9.53 Å². The molecule has 120 valence electrons. The molecule has 3 aromatic rings. The number of fused-ring (bicyclic) bond motifs is 1. The number of aryl methyl sites for hydroxylation is 1. The number of anilines is 1. The molecular formula is C19H17N3O2. The number of benzene rings is 1. The maximum Gasteiger partial charge on any atom is 0.254 e. The molecule has 1 fully saturated rings. The number of carbonyl (C=O) groups is 1. The maximum absolute atomic E-state index is 11.9. The van der Waals surface area contributed by atoms with Gasteiger partial charge in [0.1, 0.15) is 11.9 Å². The van der Waals surface area contributed by atoms with Gasteiger partial charge in [0.15, 0.2) is 0 Å². The molecule has 5 heteroatoms. The van der Waals surface area contributed by atoms with Crippen LogP contribution in [0.25, 0.3) is 21.9 Å². The second-order valence-electron chi connectivity index (χ2n) is 5.96. The Morgan fingerprint density at radius 1 is 1.21 bits per heavy atom. The molecule has 1 amide bonds. The minimum atomic E-state index is -0.335. The van der Waals surface area contributed by atoms with Gasteiger partial charge >= 0.3 is 0 Å².